The molecule has 0 unspecified atom stereocenters. The van der Waals surface area contributed by atoms with E-state index in [0.717, 1.165) is 5.01 Å². The van der Waals surface area contributed by atoms with E-state index in [9.17, 15) is 9.18 Å². The molecule has 0 aliphatic heterocycles. The molecule has 2 aromatic rings. The molecule has 0 amide bonds. The van der Waals surface area contributed by atoms with Crippen LogP contribution in [-0.2, 0) is 4.74 Å². The summed E-state index contributed by atoms with van der Waals surface area (Å²) in [6.45, 7) is 3.89. The minimum absolute atomic E-state index is 0.316. The van der Waals surface area contributed by atoms with E-state index in [2.05, 4.69) is 4.98 Å². The largest absolute Gasteiger partial charge is 0.462 e. The Labute approximate surface area is 108 Å². The van der Waals surface area contributed by atoms with E-state index in [-0.39, 0.29) is 11.8 Å². The van der Waals surface area contributed by atoms with Crippen LogP contribution in [0.15, 0.2) is 24.3 Å². The van der Waals surface area contributed by atoms with Crippen LogP contribution in [0.1, 0.15) is 21.6 Å². The summed E-state index contributed by atoms with van der Waals surface area (Å²) in [6.07, 6.45) is 0. The van der Waals surface area contributed by atoms with Crippen molar-refractivity contribution in [2.45, 2.75) is 13.8 Å². The average Bonchev–Trinajstić information content (AvgIpc) is 2.73. The first-order valence-electron chi connectivity index (χ1n) is 5.52. The zero-order valence-electron chi connectivity index (χ0n) is 10.1. The van der Waals surface area contributed by atoms with E-state index in [1.807, 2.05) is 6.92 Å². The summed E-state index contributed by atoms with van der Waals surface area (Å²) in [5.41, 5.74) is 1.26. The summed E-state index contributed by atoms with van der Waals surface area (Å²) in [5, 5.41) is 0.775. The lowest BCUT2D eigenvalue weighted by Crippen LogP contribution is -2.03. The monoisotopic (exact) mass is 265 g/mol. The maximum absolute atomic E-state index is 12.9. The molecule has 1 aromatic heterocycles. The van der Waals surface area contributed by atoms with E-state index < -0.39 is 0 Å². The topological polar surface area (TPSA) is 39.2 Å². The summed E-state index contributed by atoms with van der Waals surface area (Å²) >= 11 is 1.28. The molecule has 94 valence electrons. The van der Waals surface area contributed by atoms with Gasteiger partial charge in [0, 0.05) is 5.56 Å². The first-order chi connectivity index (χ1) is 8.61. The van der Waals surface area contributed by atoms with Gasteiger partial charge in [0.2, 0.25) is 0 Å². The molecule has 0 bridgehead atoms. The number of carbonyl (C=O) groups is 1. The van der Waals surface area contributed by atoms with E-state index in [4.69, 9.17) is 4.74 Å². The van der Waals surface area contributed by atoms with Gasteiger partial charge in [0.15, 0.2) is 0 Å². The second-order valence-electron chi connectivity index (χ2n) is 3.64. The molecular weight excluding hydrogens is 253 g/mol. The van der Waals surface area contributed by atoms with Crippen LogP contribution >= 0.6 is 11.3 Å². The normalized spacial score (nSPS) is 10.4. The van der Waals surface area contributed by atoms with Gasteiger partial charge >= 0.3 is 5.97 Å². The standard InChI is InChI=1S/C13H12FNO2S/c1-3-17-13(16)12-11(15-8(2)18-12)9-4-6-10(14)7-5-9/h4-7H,3H2,1-2H3. The fraction of sp³-hybridized carbons (Fsp3) is 0.231. The Morgan fingerprint density at radius 3 is 2.67 bits per heavy atom. The number of hydrogen-bond acceptors (Lipinski definition) is 4. The predicted octanol–water partition coefficient (Wildman–Crippen LogP) is 3.43. The Hall–Kier alpha value is -1.75. The van der Waals surface area contributed by atoms with Crippen molar-refractivity contribution in [2.75, 3.05) is 6.61 Å². The third-order valence-corrected chi connectivity index (χ3v) is 3.26. The molecule has 1 aromatic carbocycles. The highest BCUT2D eigenvalue weighted by atomic mass is 32.1. The van der Waals surface area contributed by atoms with Crippen LogP contribution in [0, 0.1) is 12.7 Å². The first kappa shape index (κ1) is 12.7. The van der Waals surface area contributed by atoms with Crippen molar-refractivity contribution >= 4 is 17.3 Å². The summed E-state index contributed by atoms with van der Waals surface area (Å²) in [6, 6.07) is 5.90. The summed E-state index contributed by atoms with van der Waals surface area (Å²) in [4.78, 5) is 16.6. The van der Waals surface area contributed by atoms with Gasteiger partial charge in [-0.15, -0.1) is 11.3 Å². The van der Waals surface area contributed by atoms with Crippen molar-refractivity contribution in [3.8, 4) is 11.3 Å². The fourth-order valence-corrected chi connectivity index (χ4v) is 2.40. The van der Waals surface area contributed by atoms with Crippen LogP contribution in [0.4, 0.5) is 4.39 Å². The average molecular weight is 265 g/mol. The predicted molar refractivity (Wildman–Crippen MR) is 68.2 cm³/mol. The number of hydrogen-bond donors (Lipinski definition) is 0. The van der Waals surface area contributed by atoms with E-state index >= 15 is 0 Å². The summed E-state index contributed by atoms with van der Waals surface area (Å²) < 4.78 is 17.9. The molecule has 0 radical (unpaired) electrons. The lowest BCUT2D eigenvalue weighted by Gasteiger charge is -2.02. The van der Waals surface area contributed by atoms with Gasteiger partial charge in [0.25, 0.3) is 0 Å². The Balaban J connectivity index is 2.44. The molecule has 2 rings (SSSR count). The number of aryl methyl sites for hydroxylation is 1. The van der Waals surface area contributed by atoms with Crippen molar-refractivity contribution in [3.05, 3.63) is 40.0 Å². The first-order valence-corrected chi connectivity index (χ1v) is 6.34. The number of benzene rings is 1. The molecule has 0 aliphatic carbocycles. The molecule has 18 heavy (non-hydrogen) atoms. The summed E-state index contributed by atoms with van der Waals surface area (Å²) in [5.74, 6) is -0.703. The van der Waals surface area contributed by atoms with Crippen molar-refractivity contribution in [1.82, 2.24) is 4.98 Å². The summed E-state index contributed by atoms with van der Waals surface area (Å²) in [7, 11) is 0. The SMILES string of the molecule is CCOC(=O)c1sc(C)nc1-c1ccc(F)cc1. The number of carbonyl (C=O) groups excluding carboxylic acids is 1. The van der Waals surface area contributed by atoms with E-state index in [1.165, 1.54) is 23.5 Å². The minimum atomic E-state index is -0.387. The molecule has 0 fully saturated rings. The van der Waals surface area contributed by atoms with Gasteiger partial charge in [-0.1, -0.05) is 0 Å². The maximum Gasteiger partial charge on any atom is 0.350 e. The molecule has 0 N–H and O–H groups in total. The van der Waals surface area contributed by atoms with Crippen LogP contribution < -0.4 is 0 Å². The molecule has 0 saturated carbocycles. The Bertz CT molecular complexity index is 563. The lowest BCUT2D eigenvalue weighted by molar-refractivity contribution is 0.0532. The van der Waals surface area contributed by atoms with Gasteiger partial charge in [0.1, 0.15) is 10.7 Å². The number of rotatable bonds is 3. The number of aromatic nitrogens is 1. The van der Waals surface area contributed by atoms with E-state index in [1.54, 1.807) is 19.1 Å². The Morgan fingerprint density at radius 2 is 2.06 bits per heavy atom. The van der Waals surface area contributed by atoms with Gasteiger partial charge in [-0.3, -0.25) is 0 Å². The van der Waals surface area contributed by atoms with E-state index in [0.29, 0.717) is 22.7 Å². The number of halogens is 1. The molecule has 0 aliphatic rings. The molecule has 0 atom stereocenters. The molecule has 3 nitrogen and oxygen atoms in total. The second-order valence-corrected chi connectivity index (χ2v) is 4.84. The highest BCUT2D eigenvalue weighted by Gasteiger charge is 2.19. The van der Waals surface area contributed by atoms with Gasteiger partial charge in [0.05, 0.1) is 17.3 Å². The highest BCUT2D eigenvalue weighted by molar-refractivity contribution is 7.14. The highest BCUT2D eigenvalue weighted by Crippen LogP contribution is 2.28. The van der Waals surface area contributed by atoms with Crippen molar-refractivity contribution in [3.63, 3.8) is 0 Å². The Morgan fingerprint density at radius 1 is 1.39 bits per heavy atom. The maximum atomic E-state index is 12.9. The number of nitrogens with zero attached hydrogens (tertiary/aromatic N) is 1. The molecule has 1 heterocycles. The van der Waals surface area contributed by atoms with Gasteiger partial charge in [-0.05, 0) is 38.1 Å². The lowest BCUT2D eigenvalue weighted by atomic mass is 10.1. The van der Waals surface area contributed by atoms with Crippen LogP contribution in [-0.4, -0.2) is 17.6 Å². The molecule has 0 saturated heterocycles. The van der Waals surface area contributed by atoms with Gasteiger partial charge < -0.3 is 4.74 Å². The zero-order valence-corrected chi connectivity index (χ0v) is 10.9. The second kappa shape index (κ2) is 5.27. The third-order valence-electron chi connectivity index (χ3n) is 2.31. The van der Waals surface area contributed by atoms with Crippen LogP contribution in [0.2, 0.25) is 0 Å². The quantitative estimate of drug-likeness (QED) is 0.798. The van der Waals surface area contributed by atoms with Crippen molar-refractivity contribution < 1.29 is 13.9 Å². The van der Waals surface area contributed by atoms with Crippen LogP contribution in [0.3, 0.4) is 0 Å². The molecular formula is C13H12FNO2S. The van der Waals surface area contributed by atoms with Crippen LogP contribution in [0.25, 0.3) is 11.3 Å². The third kappa shape index (κ3) is 2.56. The molecule has 0 spiro atoms. The number of esters is 1. The smallest absolute Gasteiger partial charge is 0.350 e. The number of thiazole rings is 1. The zero-order chi connectivity index (χ0) is 13.1. The van der Waals surface area contributed by atoms with Gasteiger partial charge in [-0.2, -0.15) is 0 Å². The van der Waals surface area contributed by atoms with Crippen molar-refractivity contribution in [2.24, 2.45) is 0 Å². The van der Waals surface area contributed by atoms with Gasteiger partial charge in [-0.25, -0.2) is 14.2 Å². The molecule has 5 heteroatoms. The van der Waals surface area contributed by atoms with Crippen molar-refractivity contribution in [1.29, 1.82) is 0 Å². The number of ether oxygens (including phenoxy) is 1. The Kier molecular flexibility index (Phi) is 3.72. The minimum Gasteiger partial charge on any atom is -0.462 e. The van der Waals surface area contributed by atoms with Crippen LogP contribution in [0.5, 0.6) is 0 Å². The fourth-order valence-electron chi connectivity index (χ4n) is 1.57.